The van der Waals surface area contributed by atoms with E-state index >= 15 is 0 Å². The van der Waals surface area contributed by atoms with E-state index in [0.717, 1.165) is 37.2 Å². The topological polar surface area (TPSA) is 81.3 Å². The number of H-pyrrole nitrogens is 1. The van der Waals surface area contributed by atoms with Crippen LogP contribution in [0.15, 0.2) is 30.3 Å². The standard InChI is InChI=1S/C20H25N5O2/c1-24-10-7-15(8-11-24)21-19(26)18-16-13-25(12-9-17(16)22-23-18)20(27)14-5-3-2-4-6-14/h2-6,15H,7-13H2,1H3,(H,21,26)(H,22,23). The molecule has 1 aromatic carbocycles. The molecule has 2 aromatic rings. The monoisotopic (exact) mass is 367 g/mol. The summed E-state index contributed by atoms with van der Waals surface area (Å²) in [6.45, 7) is 3.01. The van der Waals surface area contributed by atoms with Crippen LogP contribution in [-0.2, 0) is 13.0 Å². The summed E-state index contributed by atoms with van der Waals surface area (Å²) in [5, 5.41) is 10.4. The molecule has 0 aliphatic carbocycles. The zero-order valence-corrected chi connectivity index (χ0v) is 15.6. The maximum atomic E-state index is 12.8. The van der Waals surface area contributed by atoms with Gasteiger partial charge in [-0.25, -0.2) is 0 Å². The summed E-state index contributed by atoms with van der Waals surface area (Å²) in [5.74, 6) is -0.153. The van der Waals surface area contributed by atoms with Gasteiger partial charge in [-0.1, -0.05) is 18.2 Å². The average molecular weight is 367 g/mol. The average Bonchev–Trinajstić information content (AvgIpc) is 3.13. The number of amides is 2. The number of rotatable bonds is 3. The van der Waals surface area contributed by atoms with Crippen molar-refractivity contribution >= 4 is 11.8 Å². The Kier molecular flexibility index (Phi) is 4.94. The third-order valence-corrected chi connectivity index (χ3v) is 5.51. The molecule has 0 bridgehead atoms. The van der Waals surface area contributed by atoms with Crippen molar-refractivity contribution in [2.24, 2.45) is 0 Å². The lowest BCUT2D eigenvalue weighted by Gasteiger charge is -2.30. The van der Waals surface area contributed by atoms with Crippen molar-refractivity contribution in [2.75, 3.05) is 26.7 Å². The molecule has 1 aromatic heterocycles. The van der Waals surface area contributed by atoms with Gasteiger partial charge < -0.3 is 15.1 Å². The van der Waals surface area contributed by atoms with Gasteiger partial charge in [-0.3, -0.25) is 14.7 Å². The zero-order chi connectivity index (χ0) is 18.8. The molecule has 4 rings (SSSR count). The fourth-order valence-electron chi connectivity index (χ4n) is 3.83. The smallest absolute Gasteiger partial charge is 0.272 e. The summed E-state index contributed by atoms with van der Waals surface area (Å²) in [4.78, 5) is 29.6. The number of hydrogen-bond donors (Lipinski definition) is 2. The Labute approximate surface area is 158 Å². The van der Waals surface area contributed by atoms with Gasteiger partial charge in [-0.15, -0.1) is 0 Å². The first kappa shape index (κ1) is 17.7. The Balaban J connectivity index is 1.46. The largest absolute Gasteiger partial charge is 0.348 e. The van der Waals surface area contributed by atoms with Crippen molar-refractivity contribution in [3.8, 4) is 0 Å². The number of aromatic amines is 1. The molecular weight excluding hydrogens is 342 g/mol. The van der Waals surface area contributed by atoms with Gasteiger partial charge in [0.2, 0.25) is 0 Å². The van der Waals surface area contributed by atoms with Gasteiger partial charge in [-0.2, -0.15) is 5.10 Å². The fourth-order valence-corrected chi connectivity index (χ4v) is 3.83. The van der Waals surface area contributed by atoms with Crippen LogP contribution in [0.4, 0.5) is 0 Å². The Hall–Kier alpha value is -2.67. The summed E-state index contributed by atoms with van der Waals surface area (Å²) in [6.07, 6.45) is 2.59. The lowest BCUT2D eigenvalue weighted by molar-refractivity contribution is 0.0730. The Morgan fingerprint density at radius 3 is 2.63 bits per heavy atom. The number of aromatic nitrogens is 2. The highest BCUT2D eigenvalue weighted by Gasteiger charge is 2.29. The van der Waals surface area contributed by atoms with Crippen LogP contribution in [0.3, 0.4) is 0 Å². The van der Waals surface area contributed by atoms with Crippen LogP contribution in [0.1, 0.15) is 44.9 Å². The van der Waals surface area contributed by atoms with Crippen molar-refractivity contribution in [2.45, 2.75) is 31.8 Å². The third kappa shape index (κ3) is 3.73. The molecule has 1 saturated heterocycles. The van der Waals surface area contributed by atoms with E-state index < -0.39 is 0 Å². The number of benzene rings is 1. The Morgan fingerprint density at radius 1 is 1.15 bits per heavy atom. The van der Waals surface area contributed by atoms with Crippen molar-refractivity contribution in [3.05, 3.63) is 52.8 Å². The molecule has 0 radical (unpaired) electrons. The third-order valence-electron chi connectivity index (χ3n) is 5.51. The molecule has 2 N–H and O–H groups in total. The van der Waals surface area contributed by atoms with Crippen LogP contribution in [0.2, 0.25) is 0 Å². The molecule has 7 nitrogen and oxygen atoms in total. The first-order valence-electron chi connectivity index (χ1n) is 9.51. The fraction of sp³-hybridized carbons (Fsp3) is 0.450. The van der Waals surface area contributed by atoms with Gasteiger partial charge in [0.25, 0.3) is 11.8 Å². The van der Waals surface area contributed by atoms with Crippen LogP contribution in [0.5, 0.6) is 0 Å². The van der Waals surface area contributed by atoms with Crippen LogP contribution in [0.25, 0.3) is 0 Å². The lowest BCUT2D eigenvalue weighted by Crippen LogP contribution is -2.44. The number of nitrogens with one attached hydrogen (secondary N) is 2. The number of fused-ring (bicyclic) bond motifs is 1. The highest BCUT2D eigenvalue weighted by Crippen LogP contribution is 2.22. The normalized spacial score (nSPS) is 18.2. The summed E-state index contributed by atoms with van der Waals surface area (Å²) in [7, 11) is 2.10. The molecule has 2 aliphatic heterocycles. The van der Waals surface area contributed by atoms with E-state index in [1.165, 1.54) is 0 Å². The second kappa shape index (κ2) is 7.52. The number of carbonyl (C=O) groups is 2. The maximum absolute atomic E-state index is 12.8. The van der Waals surface area contributed by atoms with Crippen molar-refractivity contribution in [1.82, 2.24) is 25.3 Å². The van der Waals surface area contributed by atoms with Crippen LogP contribution in [0, 0.1) is 0 Å². The molecule has 142 valence electrons. The summed E-state index contributed by atoms with van der Waals surface area (Å²) >= 11 is 0. The van der Waals surface area contributed by atoms with E-state index in [1.807, 2.05) is 30.3 Å². The summed E-state index contributed by atoms with van der Waals surface area (Å²) < 4.78 is 0. The quantitative estimate of drug-likeness (QED) is 0.860. The predicted octanol–water partition coefficient (Wildman–Crippen LogP) is 1.43. The van der Waals surface area contributed by atoms with E-state index in [-0.39, 0.29) is 17.9 Å². The molecule has 0 saturated carbocycles. The van der Waals surface area contributed by atoms with Crippen molar-refractivity contribution < 1.29 is 9.59 Å². The molecule has 2 amide bonds. The maximum Gasteiger partial charge on any atom is 0.272 e. The van der Waals surface area contributed by atoms with Crippen LogP contribution < -0.4 is 5.32 Å². The molecule has 0 atom stereocenters. The minimum Gasteiger partial charge on any atom is -0.348 e. The van der Waals surface area contributed by atoms with Crippen LogP contribution >= 0.6 is 0 Å². The van der Waals surface area contributed by atoms with E-state index in [0.29, 0.717) is 30.8 Å². The summed E-state index contributed by atoms with van der Waals surface area (Å²) in [6, 6.07) is 9.45. The van der Waals surface area contributed by atoms with Gasteiger partial charge in [0.1, 0.15) is 0 Å². The highest BCUT2D eigenvalue weighted by molar-refractivity contribution is 5.96. The summed E-state index contributed by atoms with van der Waals surface area (Å²) in [5.41, 5.74) is 2.90. The lowest BCUT2D eigenvalue weighted by atomic mass is 10.0. The number of piperidine rings is 1. The Bertz CT molecular complexity index is 824. The molecular formula is C20H25N5O2. The van der Waals surface area contributed by atoms with Gasteiger partial charge >= 0.3 is 0 Å². The van der Waals surface area contributed by atoms with E-state index in [2.05, 4.69) is 27.5 Å². The second-order valence-electron chi connectivity index (χ2n) is 7.42. The van der Waals surface area contributed by atoms with E-state index in [4.69, 9.17) is 0 Å². The number of carbonyl (C=O) groups excluding carboxylic acids is 2. The molecule has 1 fully saturated rings. The molecule has 27 heavy (non-hydrogen) atoms. The highest BCUT2D eigenvalue weighted by atomic mass is 16.2. The van der Waals surface area contributed by atoms with Crippen molar-refractivity contribution in [1.29, 1.82) is 0 Å². The number of likely N-dealkylation sites (tertiary alicyclic amines) is 1. The molecule has 0 unspecified atom stereocenters. The molecule has 0 spiro atoms. The van der Waals surface area contributed by atoms with Gasteiger partial charge in [0, 0.05) is 35.8 Å². The van der Waals surface area contributed by atoms with Gasteiger partial charge in [-0.05, 0) is 45.1 Å². The van der Waals surface area contributed by atoms with Gasteiger partial charge in [0.15, 0.2) is 5.69 Å². The minimum absolute atomic E-state index is 0.0101. The van der Waals surface area contributed by atoms with Crippen molar-refractivity contribution in [3.63, 3.8) is 0 Å². The van der Waals surface area contributed by atoms with E-state index in [9.17, 15) is 9.59 Å². The predicted molar refractivity (Wildman–Crippen MR) is 101 cm³/mol. The number of nitrogens with zero attached hydrogens (tertiary/aromatic N) is 3. The first-order chi connectivity index (χ1) is 13.1. The van der Waals surface area contributed by atoms with E-state index in [1.54, 1.807) is 4.90 Å². The zero-order valence-electron chi connectivity index (χ0n) is 15.6. The number of hydrogen-bond acceptors (Lipinski definition) is 4. The molecule has 3 heterocycles. The first-order valence-corrected chi connectivity index (χ1v) is 9.51. The minimum atomic E-state index is -0.143. The Morgan fingerprint density at radius 2 is 1.89 bits per heavy atom. The van der Waals surface area contributed by atoms with Crippen LogP contribution in [-0.4, -0.2) is 64.5 Å². The SMILES string of the molecule is CN1CCC(NC(=O)c2n[nH]c3c2CN(C(=O)c2ccccc2)CC3)CC1. The second-order valence-corrected chi connectivity index (χ2v) is 7.42. The molecule has 7 heteroatoms. The van der Waals surface area contributed by atoms with Gasteiger partial charge in [0.05, 0.1) is 6.54 Å². The molecule has 2 aliphatic rings.